The number of rotatable bonds is 2. The quantitative estimate of drug-likeness (QED) is 0.742. The monoisotopic (exact) mass is 367 g/mol. The summed E-state index contributed by atoms with van der Waals surface area (Å²) in [5.41, 5.74) is 2.32. The second-order valence-electron chi connectivity index (χ2n) is 6.42. The Labute approximate surface area is 151 Å². The number of aromatic nitrogens is 2. The fourth-order valence-electron chi connectivity index (χ4n) is 3.82. The van der Waals surface area contributed by atoms with Crippen LogP contribution in [0.3, 0.4) is 0 Å². The molecule has 0 spiro atoms. The molecule has 26 heavy (non-hydrogen) atoms. The van der Waals surface area contributed by atoms with Gasteiger partial charge in [-0.2, -0.15) is 10.2 Å². The number of benzene rings is 1. The number of thiazole rings is 1. The number of piperidine rings is 1. The van der Waals surface area contributed by atoms with E-state index in [1.165, 1.54) is 16.2 Å². The van der Waals surface area contributed by atoms with Gasteiger partial charge in [0, 0.05) is 24.7 Å². The van der Waals surface area contributed by atoms with Gasteiger partial charge >= 0.3 is 6.09 Å². The molecule has 3 aliphatic rings. The minimum Gasteiger partial charge on any atom is -0.465 e. The summed E-state index contributed by atoms with van der Waals surface area (Å²) < 4.78 is 6.03. The Morgan fingerprint density at radius 2 is 2.19 bits per heavy atom. The molecule has 0 saturated carbocycles. The first-order chi connectivity index (χ1) is 12.7. The van der Waals surface area contributed by atoms with E-state index in [2.05, 4.69) is 16.0 Å². The first-order valence-electron chi connectivity index (χ1n) is 8.15. The third kappa shape index (κ3) is 2.09. The molecule has 9 heteroatoms. The number of nitrogens with zero attached hydrogens (tertiary/aromatic N) is 5. The van der Waals surface area contributed by atoms with E-state index in [9.17, 15) is 15.2 Å². The van der Waals surface area contributed by atoms with Gasteiger partial charge in [-0.25, -0.2) is 9.78 Å². The van der Waals surface area contributed by atoms with Crippen LogP contribution in [0.25, 0.3) is 21.7 Å². The molecule has 2 unspecified atom stereocenters. The molecule has 0 aliphatic carbocycles. The van der Waals surface area contributed by atoms with E-state index in [1.54, 1.807) is 12.3 Å². The molecule has 8 nitrogen and oxygen atoms in total. The lowest BCUT2D eigenvalue weighted by molar-refractivity contribution is 0.0101. The van der Waals surface area contributed by atoms with Gasteiger partial charge in [-0.15, -0.1) is 11.3 Å². The maximum atomic E-state index is 11.3. The van der Waals surface area contributed by atoms with Crippen LogP contribution in [0.1, 0.15) is 12.0 Å². The first kappa shape index (κ1) is 15.2. The average molecular weight is 367 g/mol. The van der Waals surface area contributed by atoms with E-state index >= 15 is 0 Å². The summed E-state index contributed by atoms with van der Waals surface area (Å²) in [5.74, 6) is 0. The van der Waals surface area contributed by atoms with Crippen LogP contribution in [0.5, 0.6) is 0 Å². The van der Waals surface area contributed by atoms with Gasteiger partial charge in [-0.1, -0.05) is 0 Å². The van der Waals surface area contributed by atoms with E-state index < -0.39 is 6.09 Å². The maximum absolute atomic E-state index is 11.3. The molecular formula is C17H13N5O3S. The summed E-state index contributed by atoms with van der Waals surface area (Å²) in [5, 5.41) is 21.3. The van der Waals surface area contributed by atoms with Crippen LogP contribution in [-0.2, 0) is 0 Å². The number of carbonyl (C=O) groups is 1. The van der Waals surface area contributed by atoms with Crippen molar-refractivity contribution in [1.82, 2.24) is 14.9 Å². The van der Waals surface area contributed by atoms with Crippen molar-refractivity contribution in [3.05, 3.63) is 29.3 Å². The minimum absolute atomic E-state index is 0.0323. The number of carboxylic acid groups (broad SMARTS) is 1. The standard InChI is InChI=1S/C17H13N5O3S/c18-6-9-1-2-12(15-19-3-4-26-15)14-13(9)20-16(25-14)21-7-10-5-11(8-21)22(10)17(23)24/h1-4,10-11H,5,7-8H2,(H,23,24). The van der Waals surface area contributed by atoms with Crippen LogP contribution in [0, 0.1) is 11.3 Å². The molecule has 1 N–H and O–H groups in total. The molecule has 2 atom stereocenters. The Kier molecular flexibility index (Phi) is 3.17. The lowest BCUT2D eigenvalue weighted by atomic mass is 9.88. The van der Waals surface area contributed by atoms with E-state index in [1.807, 2.05) is 16.3 Å². The molecular weight excluding hydrogens is 354 g/mol. The van der Waals surface area contributed by atoms with Crippen LogP contribution in [0.4, 0.5) is 10.8 Å². The molecule has 3 aromatic rings. The van der Waals surface area contributed by atoms with Gasteiger partial charge in [-0.05, 0) is 18.6 Å². The van der Waals surface area contributed by atoms with Crippen LogP contribution in [-0.4, -0.2) is 51.2 Å². The summed E-state index contributed by atoms with van der Waals surface area (Å²) in [6.45, 7) is 1.09. The van der Waals surface area contributed by atoms with Crippen molar-refractivity contribution in [2.45, 2.75) is 18.5 Å². The highest BCUT2D eigenvalue weighted by Gasteiger charge is 2.48. The number of hydrogen-bond donors (Lipinski definition) is 1. The second-order valence-corrected chi connectivity index (χ2v) is 7.32. The number of fused-ring (bicyclic) bond motifs is 3. The summed E-state index contributed by atoms with van der Waals surface area (Å²) in [6.07, 6.45) is 1.72. The van der Waals surface area contributed by atoms with Crippen molar-refractivity contribution in [2.24, 2.45) is 0 Å². The molecule has 1 amide bonds. The zero-order valence-corrected chi connectivity index (χ0v) is 14.3. The Hall–Kier alpha value is -3.12. The average Bonchev–Trinajstić information content (AvgIpc) is 3.30. The molecule has 5 heterocycles. The largest absolute Gasteiger partial charge is 0.465 e. The zero-order chi connectivity index (χ0) is 17.8. The van der Waals surface area contributed by atoms with Gasteiger partial charge in [0.2, 0.25) is 0 Å². The van der Waals surface area contributed by atoms with Crippen molar-refractivity contribution in [3.63, 3.8) is 0 Å². The van der Waals surface area contributed by atoms with Crippen molar-refractivity contribution in [2.75, 3.05) is 18.0 Å². The molecule has 3 fully saturated rings. The maximum Gasteiger partial charge on any atom is 0.407 e. The number of oxazole rings is 1. The number of nitriles is 1. The summed E-state index contributed by atoms with van der Waals surface area (Å²) in [6, 6.07) is 6.08. The van der Waals surface area contributed by atoms with Crippen molar-refractivity contribution in [3.8, 4) is 16.6 Å². The SMILES string of the molecule is N#Cc1ccc(-c2nccs2)c2oc(N3CC4CC(C3)N4C(=O)O)nc12. The van der Waals surface area contributed by atoms with E-state index in [0.29, 0.717) is 35.8 Å². The topological polar surface area (TPSA) is 106 Å². The van der Waals surface area contributed by atoms with Gasteiger partial charge in [-0.3, -0.25) is 4.90 Å². The lowest BCUT2D eigenvalue weighted by Crippen LogP contribution is -2.70. The Bertz CT molecular complexity index is 1040. The Balaban J connectivity index is 1.55. The molecule has 1 aromatic carbocycles. The summed E-state index contributed by atoms with van der Waals surface area (Å²) in [4.78, 5) is 23.6. The second kappa shape index (κ2) is 5.44. The third-order valence-corrected chi connectivity index (χ3v) is 5.81. The van der Waals surface area contributed by atoms with Crippen molar-refractivity contribution in [1.29, 1.82) is 5.26 Å². The fourth-order valence-corrected chi connectivity index (χ4v) is 4.48. The first-order valence-corrected chi connectivity index (χ1v) is 9.03. The molecule has 2 aromatic heterocycles. The molecule has 130 valence electrons. The van der Waals surface area contributed by atoms with E-state index in [0.717, 1.165) is 17.0 Å². The van der Waals surface area contributed by atoms with E-state index in [4.69, 9.17) is 4.42 Å². The summed E-state index contributed by atoms with van der Waals surface area (Å²) >= 11 is 1.49. The van der Waals surface area contributed by atoms with E-state index in [-0.39, 0.29) is 12.1 Å². The molecule has 3 saturated heterocycles. The summed E-state index contributed by atoms with van der Waals surface area (Å²) in [7, 11) is 0. The van der Waals surface area contributed by atoms with Gasteiger partial charge in [0.1, 0.15) is 16.6 Å². The van der Waals surface area contributed by atoms with Crippen LogP contribution >= 0.6 is 11.3 Å². The predicted octanol–water partition coefficient (Wildman–Crippen LogP) is 2.76. The fraction of sp³-hybridized carbons (Fsp3) is 0.294. The highest BCUT2D eigenvalue weighted by Crippen LogP contribution is 2.38. The van der Waals surface area contributed by atoms with Gasteiger partial charge in [0.05, 0.1) is 23.2 Å². The number of anilines is 1. The molecule has 2 bridgehead atoms. The minimum atomic E-state index is -0.874. The number of hydrogen-bond acceptors (Lipinski definition) is 7. The smallest absolute Gasteiger partial charge is 0.407 e. The predicted molar refractivity (Wildman–Crippen MR) is 94.1 cm³/mol. The van der Waals surface area contributed by atoms with Gasteiger partial charge in [0.15, 0.2) is 5.58 Å². The number of amides is 1. The zero-order valence-electron chi connectivity index (χ0n) is 13.5. The van der Waals surface area contributed by atoms with Crippen LogP contribution in [0.2, 0.25) is 0 Å². The van der Waals surface area contributed by atoms with Crippen LogP contribution in [0.15, 0.2) is 28.1 Å². The lowest BCUT2D eigenvalue weighted by Gasteiger charge is -2.54. The van der Waals surface area contributed by atoms with Crippen molar-refractivity contribution >= 4 is 34.5 Å². The van der Waals surface area contributed by atoms with Crippen LogP contribution < -0.4 is 4.90 Å². The number of piperazine rings is 1. The Morgan fingerprint density at radius 3 is 2.85 bits per heavy atom. The molecule has 6 rings (SSSR count). The third-order valence-electron chi connectivity index (χ3n) is 5.00. The van der Waals surface area contributed by atoms with Gasteiger partial charge < -0.3 is 14.4 Å². The van der Waals surface area contributed by atoms with Crippen molar-refractivity contribution < 1.29 is 14.3 Å². The Morgan fingerprint density at radius 1 is 1.38 bits per heavy atom. The normalized spacial score (nSPS) is 21.5. The van der Waals surface area contributed by atoms with Gasteiger partial charge in [0.25, 0.3) is 6.01 Å². The molecule has 0 radical (unpaired) electrons. The highest BCUT2D eigenvalue weighted by molar-refractivity contribution is 7.13. The molecule has 3 aliphatic heterocycles. The highest BCUT2D eigenvalue weighted by atomic mass is 32.1.